The molecule has 0 heterocycles. The van der Waals surface area contributed by atoms with Gasteiger partial charge in [0.2, 0.25) is 0 Å². The zero-order chi connectivity index (χ0) is 13.5. The van der Waals surface area contributed by atoms with Crippen molar-refractivity contribution in [3.8, 4) is 0 Å². The van der Waals surface area contributed by atoms with Gasteiger partial charge in [0, 0.05) is 0 Å². The predicted octanol–water partition coefficient (Wildman–Crippen LogP) is 2.62. The highest BCUT2D eigenvalue weighted by Crippen LogP contribution is 2.38. The fourth-order valence-corrected chi connectivity index (χ4v) is 1.90. The zero-order valence-corrected chi connectivity index (χ0v) is 9.41. The van der Waals surface area contributed by atoms with Gasteiger partial charge in [0.05, 0.1) is 17.7 Å². The van der Waals surface area contributed by atoms with Crippen LogP contribution < -0.4 is 5.73 Å². The Hall–Kier alpha value is -1.14. The summed E-state index contributed by atoms with van der Waals surface area (Å²) in [5.74, 6) is -0.990. The van der Waals surface area contributed by atoms with Crippen LogP contribution in [-0.2, 0) is 6.18 Å². The van der Waals surface area contributed by atoms with Crippen LogP contribution in [0.15, 0.2) is 18.2 Å². The van der Waals surface area contributed by atoms with Crippen molar-refractivity contribution in [1.82, 2.24) is 0 Å². The molecule has 0 aromatic heterocycles. The van der Waals surface area contributed by atoms with Crippen LogP contribution in [0.3, 0.4) is 0 Å². The number of aliphatic hydroxyl groups is 1. The smallest absolute Gasteiger partial charge is 0.391 e. The second kappa shape index (κ2) is 4.51. The summed E-state index contributed by atoms with van der Waals surface area (Å²) < 4.78 is 50.7. The Bertz CT molecular complexity index is 442. The number of aliphatic hydroxyl groups excluding tert-OH is 1. The quantitative estimate of drug-likeness (QED) is 0.823. The van der Waals surface area contributed by atoms with Crippen molar-refractivity contribution in [3.05, 3.63) is 35.1 Å². The standard InChI is InChI=1S/C12H13F4NO/c13-9-4-7(3-8(5-9)12(14,15)16)10(17)11(18)6-1-2-6/h3-6,10-11,18H,1-2,17H2/t10-,11+/m0/s1. The average molecular weight is 263 g/mol. The van der Waals surface area contributed by atoms with Crippen LogP contribution in [-0.4, -0.2) is 11.2 Å². The van der Waals surface area contributed by atoms with Crippen molar-refractivity contribution in [1.29, 1.82) is 0 Å². The maximum atomic E-state index is 13.2. The highest BCUT2D eigenvalue weighted by atomic mass is 19.4. The fraction of sp³-hybridized carbons (Fsp3) is 0.500. The molecule has 3 N–H and O–H groups in total. The van der Waals surface area contributed by atoms with Gasteiger partial charge < -0.3 is 10.8 Å². The third-order valence-electron chi connectivity index (χ3n) is 3.11. The third-order valence-corrected chi connectivity index (χ3v) is 3.11. The molecule has 1 aliphatic carbocycles. The summed E-state index contributed by atoms with van der Waals surface area (Å²) in [4.78, 5) is 0. The molecular formula is C12H13F4NO. The van der Waals surface area contributed by atoms with Crippen molar-refractivity contribution in [3.63, 3.8) is 0 Å². The lowest BCUT2D eigenvalue weighted by molar-refractivity contribution is -0.137. The Morgan fingerprint density at radius 1 is 1.22 bits per heavy atom. The molecule has 2 nitrogen and oxygen atoms in total. The molecule has 0 saturated heterocycles. The van der Waals surface area contributed by atoms with Gasteiger partial charge in [-0.1, -0.05) is 0 Å². The molecule has 18 heavy (non-hydrogen) atoms. The molecule has 0 unspecified atom stereocenters. The first kappa shape index (κ1) is 13.3. The second-order valence-corrected chi connectivity index (χ2v) is 4.62. The van der Waals surface area contributed by atoms with E-state index in [0.717, 1.165) is 25.0 Å². The minimum absolute atomic E-state index is 0.0117. The van der Waals surface area contributed by atoms with E-state index in [4.69, 9.17) is 5.73 Å². The summed E-state index contributed by atoms with van der Waals surface area (Å²) in [6.07, 6.45) is -3.94. The molecular weight excluding hydrogens is 250 g/mol. The summed E-state index contributed by atoms with van der Waals surface area (Å²) in [5, 5.41) is 9.77. The van der Waals surface area contributed by atoms with Crippen LogP contribution in [0.2, 0.25) is 0 Å². The number of halogens is 4. The topological polar surface area (TPSA) is 46.2 Å². The Labute approximate surface area is 101 Å². The van der Waals surface area contributed by atoms with Crippen LogP contribution in [0.4, 0.5) is 17.6 Å². The third kappa shape index (κ3) is 2.81. The SMILES string of the molecule is N[C@@H](c1cc(F)cc(C(F)(F)F)c1)[C@H](O)C1CC1. The summed E-state index contributed by atoms with van der Waals surface area (Å²) in [5.41, 5.74) is 4.56. The van der Waals surface area contributed by atoms with E-state index in [1.54, 1.807) is 0 Å². The van der Waals surface area contributed by atoms with Crippen LogP contribution in [0.25, 0.3) is 0 Å². The predicted molar refractivity (Wildman–Crippen MR) is 57.1 cm³/mol. The van der Waals surface area contributed by atoms with Gasteiger partial charge in [0.1, 0.15) is 5.82 Å². The van der Waals surface area contributed by atoms with Gasteiger partial charge in [-0.2, -0.15) is 13.2 Å². The van der Waals surface area contributed by atoms with Crippen LogP contribution >= 0.6 is 0 Å². The number of hydrogen-bond donors (Lipinski definition) is 2. The molecule has 2 rings (SSSR count). The maximum Gasteiger partial charge on any atom is 0.416 e. The van der Waals surface area contributed by atoms with Crippen LogP contribution in [0.5, 0.6) is 0 Å². The van der Waals surface area contributed by atoms with Gasteiger partial charge in [-0.3, -0.25) is 0 Å². The molecule has 1 saturated carbocycles. The largest absolute Gasteiger partial charge is 0.416 e. The van der Waals surface area contributed by atoms with Crippen molar-refractivity contribution >= 4 is 0 Å². The normalized spacial score (nSPS) is 19.7. The number of rotatable bonds is 3. The second-order valence-electron chi connectivity index (χ2n) is 4.62. The molecule has 1 aromatic carbocycles. The van der Waals surface area contributed by atoms with Gasteiger partial charge in [-0.15, -0.1) is 0 Å². The van der Waals surface area contributed by atoms with E-state index in [2.05, 4.69) is 0 Å². The van der Waals surface area contributed by atoms with Gasteiger partial charge in [-0.25, -0.2) is 4.39 Å². The lowest BCUT2D eigenvalue weighted by Gasteiger charge is -2.20. The summed E-state index contributed by atoms with van der Waals surface area (Å²) in [7, 11) is 0. The lowest BCUT2D eigenvalue weighted by atomic mass is 9.97. The molecule has 0 aliphatic heterocycles. The Morgan fingerprint density at radius 3 is 2.33 bits per heavy atom. The first-order chi connectivity index (χ1) is 8.29. The van der Waals surface area contributed by atoms with E-state index in [-0.39, 0.29) is 11.5 Å². The molecule has 1 fully saturated rings. The molecule has 2 atom stereocenters. The molecule has 0 amide bonds. The fourth-order valence-electron chi connectivity index (χ4n) is 1.90. The molecule has 6 heteroatoms. The average Bonchev–Trinajstić information content (AvgIpc) is 3.08. The van der Waals surface area contributed by atoms with E-state index < -0.39 is 29.7 Å². The summed E-state index contributed by atoms with van der Waals surface area (Å²) >= 11 is 0. The number of hydrogen-bond acceptors (Lipinski definition) is 2. The van der Waals surface area contributed by atoms with Crippen LogP contribution in [0.1, 0.15) is 30.0 Å². The highest BCUT2D eigenvalue weighted by Gasteiger charge is 2.36. The van der Waals surface area contributed by atoms with E-state index >= 15 is 0 Å². The number of benzene rings is 1. The van der Waals surface area contributed by atoms with Gasteiger partial charge >= 0.3 is 6.18 Å². The molecule has 0 spiro atoms. The Balaban J connectivity index is 2.29. The molecule has 0 bridgehead atoms. The molecule has 100 valence electrons. The number of alkyl halides is 3. The van der Waals surface area contributed by atoms with E-state index in [9.17, 15) is 22.7 Å². The van der Waals surface area contributed by atoms with Crippen molar-refractivity contribution in [2.24, 2.45) is 11.7 Å². The lowest BCUT2D eigenvalue weighted by Crippen LogP contribution is -2.28. The summed E-state index contributed by atoms with van der Waals surface area (Å²) in [6, 6.07) is 1.15. The van der Waals surface area contributed by atoms with Gasteiger partial charge in [0.15, 0.2) is 0 Å². The highest BCUT2D eigenvalue weighted by molar-refractivity contribution is 5.29. The van der Waals surface area contributed by atoms with Crippen LogP contribution in [0, 0.1) is 11.7 Å². The number of nitrogens with two attached hydrogens (primary N) is 1. The van der Waals surface area contributed by atoms with Crippen molar-refractivity contribution < 1.29 is 22.7 Å². The Kier molecular flexibility index (Phi) is 3.33. The van der Waals surface area contributed by atoms with E-state index in [0.29, 0.717) is 6.07 Å². The van der Waals surface area contributed by atoms with Crippen molar-refractivity contribution in [2.45, 2.75) is 31.2 Å². The molecule has 0 radical (unpaired) electrons. The van der Waals surface area contributed by atoms with Gasteiger partial charge in [0.25, 0.3) is 0 Å². The summed E-state index contributed by atoms with van der Waals surface area (Å²) in [6.45, 7) is 0. The van der Waals surface area contributed by atoms with Gasteiger partial charge in [-0.05, 0) is 42.5 Å². The zero-order valence-electron chi connectivity index (χ0n) is 9.41. The maximum absolute atomic E-state index is 13.2. The molecule has 1 aliphatic rings. The first-order valence-corrected chi connectivity index (χ1v) is 5.60. The molecule has 1 aromatic rings. The minimum atomic E-state index is -4.62. The minimum Gasteiger partial charge on any atom is -0.391 e. The van der Waals surface area contributed by atoms with Crippen molar-refractivity contribution in [2.75, 3.05) is 0 Å². The Morgan fingerprint density at radius 2 is 1.83 bits per heavy atom. The van der Waals surface area contributed by atoms with E-state index in [1.807, 2.05) is 0 Å². The van der Waals surface area contributed by atoms with E-state index in [1.165, 1.54) is 0 Å². The first-order valence-electron chi connectivity index (χ1n) is 5.60. The monoisotopic (exact) mass is 263 g/mol.